The number of hydrogen-bond donors (Lipinski definition) is 0. The molecule has 0 heterocycles. The molecule has 4 rings (SSSR count). The minimum Gasteiger partial charge on any atom is -0.354 e. The molecule has 1 aliphatic rings. The standard InChI is InChI=1S/C26H27IO.C5H6O/c1-2-3-19-25(20-21-27)28-26(22-13-7-4-8-14-22,23-15-9-5-10-16-23)24-17-11-6-12-18-24;6-5-3-1-2-4-5/h4-18,20-21,25H,2-3,19H2,1H3;1,3H,2,4H2/b21-20+;. The molecule has 0 amide bonds. The third-order valence-electron chi connectivity index (χ3n) is 5.86. The summed E-state index contributed by atoms with van der Waals surface area (Å²) >= 11 is 2.29. The summed E-state index contributed by atoms with van der Waals surface area (Å²) in [5.74, 6) is 0.273. The van der Waals surface area contributed by atoms with Crippen LogP contribution in [0.2, 0.25) is 0 Å². The first-order valence-electron chi connectivity index (χ1n) is 12.0. The van der Waals surface area contributed by atoms with Crippen molar-refractivity contribution in [2.75, 3.05) is 0 Å². The minimum absolute atomic E-state index is 0.0393. The van der Waals surface area contributed by atoms with E-state index in [4.69, 9.17) is 4.74 Å². The summed E-state index contributed by atoms with van der Waals surface area (Å²) in [4.78, 5) is 10.2. The molecular formula is C31H33IO2. The van der Waals surface area contributed by atoms with Gasteiger partial charge in [-0.1, -0.05) is 139 Å². The molecule has 3 aromatic rings. The molecule has 1 unspecified atom stereocenters. The van der Waals surface area contributed by atoms with Crippen LogP contribution in [0.5, 0.6) is 0 Å². The Balaban J connectivity index is 0.000000469. The average molecular weight is 565 g/mol. The van der Waals surface area contributed by atoms with E-state index in [-0.39, 0.29) is 11.9 Å². The van der Waals surface area contributed by atoms with E-state index >= 15 is 0 Å². The molecule has 0 fully saturated rings. The molecule has 1 aliphatic carbocycles. The van der Waals surface area contributed by atoms with Crippen LogP contribution in [-0.2, 0) is 15.1 Å². The highest BCUT2D eigenvalue weighted by molar-refractivity contribution is 14.1. The molecule has 0 N–H and O–H groups in total. The van der Waals surface area contributed by atoms with Gasteiger partial charge in [0.15, 0.2) is 5.78 Å². The van der Waals surface area contributed by atoms with Crippen molar-refractivity contribution in [2.24, 2.45) is 0 Å². The van der Waals surface area contributed by atoms with Crippen LogP contribution in [0, 0.1) is 0 Å². The largest absolute Gasteiger partial charge is 0.354 e. The lowest BCUT2D eigenvalue weighted by atomic mass is 9.79. The summed E-state index contributed by atoms with van der Waals surface area (Å²) in [6, 6.07) is 31.8. The molecule has 0 saturated carbocycles. The number of ketones is 1. The van der Waals surface area contributed by atoms with Crippen LogP contribution in [-0.4, -0.2) is 11.9 Å². The smallest absolute Gasteiger partial charge is 0.155 e. The van der Waals surface area contributed by atoms with Crippen LogP contribution >= 0.6 is 22.6 Å². The van der Waals surface area contributed by atoms with Crippen LogP contribution in [0.3, 0.4) is 0 Å². The second-order valence-electron chi connectivity index (χ2n) is 8.30. The fraction of sp³-hybridized carbons (Fsp3) is 0.258. The maximum absolute atomic E-state index is 10.2. The molecule has 0 bridgehead atoms. The fourth-order valence-electron chi connectivity index (χ4n) is 4.15. The highest BCUT2D eigenvalue weighted by atomic mass is 127. The average Bonchev–Trinajstić information content (AvgIpc) is 3.38. The Labute approximate surface area is 217 Å². The van der Waals surface area contributed by atoms with E-state index in [9.17, 15) is 4.79 Å². The van der Waals surface area contributed by atoms with Gasteiger partial charge in [-0.2, -0.15) is 0 Å². The van der Waals surface area contributed by atoms with Crippen molar-refractivity contribution >= 4 is 28.4 Å². The summed E-state index contributed by atoms with van der Waals surface area (Å²) < 4.78 is 9.12. The van der Waals surface area contributed by atoms with Crippen LogP contribution in [0.1, 0.15) is 55.7 Å². The number of benzene rings is 3. The van der Waals surface area contributed by atoms with Crippen LogP contribution in [0.15, 0.2) is 113 Å². The lowest BCUT2D eigenvalue weighted by Gasteiger charge is -2.38. The Kier molecular flexibility index (Phi) is 10.8. The van der Waals surface area contributed by atoms with E-state index in [2.05, 4.69) is 131 Å². The Morgan fingerprint density at radius 2 is 1.38 bits per heavy atom. The number of halogens is 1. The topological polar surface area (TPSA) is 26.3 Å². The number of hydrogen-bond acceptors (Lipinski definition) is 2. The van der Waals surface area contributed by atoms with Crippen molar-refractivity contribution in [3.8, 4) is 0 Å². The predicted molar refractivity (Wildman–Crippen MR) is 150 cm³/mol. The van der Waals surface area contributed by atoms with Crippen molar-refractivity contribution in [3.05, 3.63) is 130 Å². The number of carbonyl (C=O) groups excluding carboxylic acids is 1. The van der Waals surface area contributed by atoms with Gasteiger partial charge in [0.05, 0.1) is 6.10 Å². The van der Waals surface area contributed by atoms with E-state index in [0.29, 0.717) is 0 Å². The molecule has 0 aromatic heterocycles. The Morgan fingerprint density at radius 1 is 0.882 bits per heavy atom. The zero-order chi connectivity index (χ0) is 24.1. The predicted octanol–water partition coefficient (Wildman–Crippen LogP) is 8.41. The van der Waals surface area contributed by atoms with Crippen LogP contribution < -0.4 is 0 Å². The van der Waals surface area contributed by atoms with E-state index in [1.807, 2.05) is 6.08 Å². The van der Waals surface area contributed by atoms with Gasteiger partial charge in [0.1, 0.15) is 5.60 Å². The van der Waals surface area contributed by atoms with Crippen molar-refractivity contribution in [3.63, 3.8) is 0 Å². The van der Waals surface area contributed by atoms with Gasteiger partial charge in [-0.15, -0.1) is 0 Å². The van der Waals surface area contributed by atoms with Gasteiger partial charge in [0.2, 0.25) is 0 Å². The summed E-state index contributed by atoms with van der Waals surface area (Å²) in [5.41, 5.74) is 2.79. The molecule has 3 aromatic carbocycles. The van der Waals surface area contributed by atoms with Crippen molar-refractivity contribution in [1.29, 1.82) is 0 Å². The number of rotatable bonds is 9. The zero-order valence-electron chi connectivity index (χ0n) is 19.8. The monoisotopic (exact) mass is 564 g/mol. The summed E-state index contributed by atoms with van der Waals surface area (Å²) in [6.45, 7) is 2.23. The summed E-state index contributed by atoms with van der Waals surface area (Å²) in [7, 11) is 0. The molecule has 176 valence electrons. The van der Waals surface area contributed by atoms with Crippen molar-refractivity contribution in [1.82, 2.24) is 0 Å². The van der Waals surface area contributed by atoms with E-state index in [1.165, 1.54) is 0 Å². The van der Waals surface area contributed by atoms with Gasteiger partial charge in [-0.3, -0.25) is 4.79 Å². The van der Waals surface area contributed by atoms with Gasteiger partial charge in [0.25, 0.3) is 0 Å². The Morgan fingerprint density at radius 3 is 1.71 bits per heavy atom. The highest BCUT2D eigenvalue weighted by Crippen LogP contribution is 2.42. The number of carbonyl (C=O) groups is 1. The number of ether oxygens (including phenoxy) is 1. The summed E-state index contributed by atoms with van der Waals surface area (Å²) in [5, 5.41) is 0. The Hall–Kier alpha value is -2.50. The van der Waals surface area contributed by atoms with E-state index in [0.717, 1.165) is 48.8 Å². The Bertz CT molecular complexity index is 946. The first-order valence-corrected chi connectivity index (χ1v) is 13.3. The lowest BCUT2D eigenvalue weighted by molar-refractivity contribution is -0.114. The lowest BCUT2D eigenvalue weighted by Crippen LogP contribution is -2.36. The molecule has 3 heteroatoms. The van der Waals surface area contributed by atoms with Gasteiger partial charge in [-0.05, 0) is 45.8 Å². The van der Waals surface area contributed by atoms with Gasteiger partial charge >= 0.3 is 0 Å². The SMILES string of the molecule is CCCCC(/C=C/I)OC(c1ccccc1)(c1ccccc1)c1ccccc1.O=C1C=CCC1. The van der Waals surface area contributed by atoms with Gasteiger partial charge in [-0.25, -0.2) is 0 Å². The maximum atomic E-state index is 10.2. The van der Waals surface area contributed by atoms with Gasteiger partial charge in [0, 0.05) is 6.42 Å². The zero-order valence-corrected chi connectivity index (χ0v) is 21.9. The van der Waals surface area contributed by atoms with Crippen LogP contribution in [0.25, 0.3) is 0 Å². The second-order valence-corrected chi connectivity index (χ2v) is 9.02. The first kappa shape index (κ1) is 26.1. The minimum atomic E-state index is -0.654. The maximum Gasteiger partial charge on any atom is 0.155 e. The van der Waals surface area contributed by atoms with E-state index in [1.54, 1.807) is 6.08 Å². The molecule has 0 spiro atoms. The molecule has 0 aliphatic heterocycles. The molecule has 2 nitrogen and oxygen atoms in total. The third kappa shape index (κ3) is 7.00. The third-order valence-corrected chi connectivity index (χ3v) is 6.28. The van der Waals surface area contributed by atoms with Crippen molar-refractivity contribution in [2.45, 2.75) is 50.7 Å². The molecule has 0 saturated heterocycles. The molecule has 1 atom stereocenters. The molecule has 0 radical (unpaired) electrons. The quantitative estimate of drug-likeness (QED) is 0.193. The van der Waals surface area contributed by atoms with Crippen LogP contribution in [0.4, 0.5) is 0 Å². The highest BCUT2D eigenvalue weighted by Gasteiger charge is 2.39. The first-order chi connectivity index (χ1) is 16.7. The number of unbranched alkanes of at least 4 members (excludes halogenated alkanes) is 1. The van der Waals surface area contributed by atoms with Gasteiger partial charge < -0.3 is 4.74 Å². The van der Waals surface area contributed by atoms with E-state index < -0.39 is 5.60 Å². The normalized spacial score (nSPS) is 14.1. The summed E-state index contributed by atoms with van der Waals surface area (Å²) in [6.07, 6.45) is 10.8. The van der Waals surface area contributed by atoms with Crippen molar-refractivity contribution < 1.29 is 9.53 Å². The molecular weight excluding hydrogens is 531 g/mol. The second kappa shape index (κ2) is 14.0. The molecule has 34 heavy (non-hydrogen) atoms. The number of allylic oxidation sites excluding steroid dienone is 2. The fourth-order valence-corrected chi connectivity index (χ4v) is 4.62.